The molecule has 0 unspecified atom stereocenters. The van der Waals surface area contributed by atoms with Crippen molar-refractivity contribution in [2.45, 2.75) is 26.2 Å². The van der Waals surface area contributed by atoms with Gasteiger partial charge in [-0.2, -0.15) is 0 Å². The summed E-state index contributed by atoms with van der Waals surface area (Å²) < 4.78 is 12.8. The van der Waals surface area contributed by atoms with E-state index in [1.807, 2.05) is 12.1 Å². The van der Waals surface area contributed by atoms with Gasteiger partial charge >= 0.3 is 0 Å². The molecule has 1 aromatic carbocycles. The van der Waals surface area contributed by atoms with Gasteiger partial charge in [0.1, 0.15) is 5.82 Å². The molecule has 0 spiro atoms. The number of amides is 1. The fourth-order valence-corrected chi connectivity index (χ4v) is 2.57. The Morgan fingerprint density at radius 1 is 1.35 bits per heavy atom. The van der Waals surface area contributed by atoms with Crippen LogP contribution in [0.1, 0.15) is 25.3 Å². The number of halogens is 1. The van der Waals surface area contributed by atoms with Crippen LogP contribution in [0, 0.1) is 11.7 Å². The van der Waals surface area contributed by atoms with E-state index in [0.717, 1.165) is 44.5 Å². The Kier molecular flexibility index (Phi) is 5.41. The van der Waals surface area contributed by atoms with E-state index in [4.69, 9.17) is 0 Å². The lowest BCUT2D eigenvalue weighted by molar-refractivity contribution is -0.122. The zero-order valence-corrected chi connectivity index (χ0v) is 11.9. The first-order chi connectivity index (χ1) is 9.69. The molecular weight excluding hydrogens is 255 g/mol. The van der Waals surface area contributed by atoms with Crippen LogP contribution in [0.25, 0.3) is 0 Å². The second-order valence-corrected chi connectivity index (χ2v) is 5.22. The van der Waals surface area contributed by atoms with Crippen molar-refractivity contribution in [1.29, 1.82) is 0 Å². The lowest BCUT2D eigenvalue weighted by Gasteiger charge is -2.30. The molecule has 20 heavy (non-hydrogen) atoms. The van der Waals surface area contributed by atoms with E-state index < -0.39 is 0 Å². The van der Waals surface area contributed by atoms with Gasteiger partial charge in [-0.15, -0.1) is 0 Å². The van der Waals surface area contributed by atoms with Crippen molar-refractivity contribution in [3.8, 4) is 0 Å². The molecule has 0 radical (unpaired) electrons. The lowest BCUT2D eigenvalue weighted by Crippen LogP contribution is -2.37. The van der Waals surface area contributed by atoms with Crippen molar-refractivity contribution in [3.05, 3.63) is 35.6 Å². The zero-order valence-electron chi connectivity index (χ0n) is 11.9. The molecule has 0 atom stereocenters. The molecule has 1 heterocycles. The Morgan fingerprint density at radius 3 is 2.60 bits per heavy atom. The van der Waals surface area contributed by atoms with Crippen molar-refractivity contribution in [1.82, 2.24) is 4.90 Å². The van der Waals surface area contributed by atoms with E-state index in [1.54, 1.807) is 13.1 Å². The Morgan fingerprint density at radius 2 is 2.00 bits per heavy atom. The molecule has 0 N–H and O–H groups in total. The molecule has 0 bridgehead atoms. The summed E-state index contributed by atoms with van der Waals surface area (Å²) in [7, 11) is 0. The van der Waals surface area contributed by atoms with Gasteiger partial charge in [0.25, 0.3) is 0 Å². The number of benzene rings is 1. The quantitative estimate of drug-likeness (QED) is 0.792. The molecule has 0 aliphatic carbocycles. The van der Waals surface area contributed by atoms with E-state index in [0.29, 0.717) is 0 Å². The summed E-state index contributed by atoms with van der Waals surface area (Å²) in [4.78, 5) is 17.9. The van der Waals surface area contributed by atoms with Gasteiger partial charge in [0.05, 0.1) is 0 Å². The lowest BCUT2D eigenvalue weighted by atomic mass is 9.96. The van der Waals surface area contributed by atoms with E-state index in [1.165, 1.54) is 12.1 Å². The molecule has 1 aliphatic rings. The van der Waals surface area contributed by atoms with Crippen LogP contribution < -0.4 is 0 Å². The summed E-state index contributed by atoms with van der Waals surface area (Å²) in [5.74, 6) is -0.0801. The van der Waals surface area contributed by atoms with Gasteiger partial charge in [0.2, 0.25) is 5.91 Å². The van der Waals surface area contributed by atoms with Crippen LogP contribution in [0.5, 0.6) is 0 Å². The molecular formula is C16H21FN2O. The van der Waals surface area contributed by atoms with Crippen molar-refractivity contribution < 1.29 is 9.18 Å². The summed E-state index contributed by atoms with van der Waals surface area (Å²) in [6, 6.07) is 6.68. The number of aliphatic imine (C=N–C) groups is 1. The third kappa shape index (κ3) is 4.23. The maximum absolute atomic E-state index is 12.8. The predicted molar refractivity (Wildman–Crippen MR) is 78.4 cm³/mol. The number of hydrogen-bond acceptors (Lipinski definition) is 2. The highest BCUT2D eigenvalue weighted by atomic mass is 19.1. The van der Waals surface area contributed by atoms with Crippen LogP contribution in [0.15, 0.2) is 29.3 Å². The Balaban J connectivity index is 1.74. The molecule has 2 rings (SSSR count). The summed E-state index contributed by atoms with van der Waals surface area (Å²) in [6.07, 6.45) is 4.27. The smallest absolute Gasteiger partial charge is 0.248 e. The predicted octanol–water partition coefficient (Wildman–Crippen LogP) is 2.70. The molecule has 108 valence electrons. The van der Waals surface area contributed by atoms with Gasteiger partial charge in [-0.05, 0) is 57.0 Å². The number of carbonyl (C=O) groups excluding carboxylic acids is 1. The minimum Gasteiger partial charge on any atom is -0.303 e. The Bertz CT molecular complexity index is 462. The summed E-state index contributed by atoms with van der Waals surface area (Å²) in [5.41, 5.74) is 1.15. The minimum atomic E-state index is -0.190. The minimum absolute atomic E-state index is 0.0192. The molecule has 1 aliphatic heterocycles. The van der Waals surface area contributed by atoms with Crippen molar-refractivity contribution in [3.63, 3.8) is 0 Å². The number of carbonyl (C=O) groups is 1. The van der Waals surface area contributed by atoms with Gasteiger partial charge in [0, 0.05) is 18.7 Å². The van der Waals surface area contributed by atoms with Crippen LogP contribution in [0.4, 0.5) is 4.39 Å². The molecule has 0 saturated carbocycles. The third-order valence-corrected chi connectivity index (χ3v) is 3.82. The fraction of sp³-hybridized carbons (Fsp3) is 0.500. The van der Waals surface area contributed by atoms with Gasteiger partial charge in [0.15, 0.2) is 0 Å². The van der Waals surface area contributed by atoms with E-state index >= 15 is 0 Å². The third-order valence-electron chi connectivity index (χ3n) is 3.82. The average molecular weight is 276 g/mol. The van der Waals surface area contributed by atoms with Gasteiger partial charge in [-0.1, -0.05) is 12.1 Å². The van der Waals surface area contributed by atoms with Crippen molar-refractivity contribution >= 4 is 12.1 Å². The first-order valence-corrected chi connectivity index (χ1v) is 7.18. The highest BCUT2D eigenvalue weighted by Crippen LogP contribution is 2.18. The standard InChI is InChI=1S/C16H21FN2O/c1-2-18-16(20)14-8-11-19(12-9-14)10-7-13-3-5-15(17)6-4-13/h2-6,14H,7-12H2,1H3. The molecule has 1 fully saturated rings. The second-order valence-electron chi connectivity index (χ2n) is 5.22. The molecule has 1 saturated heterocycles. The number of hydrogen-bond donors (Lipinski definition) is 0. The maximum Gasteiger partial charge on any atom is 0.248 e. The maximum atomic E-state index is 12.8. The van der Waals surface area contributed by atoms with E-state index in [9.17, 15) is 9.18 Å². The van der Waals surface area contributed by atoms with Crippen LogP contribution in [0.2, 0.25) is 0 Å². The number of nitrogens with zero attached hydrogens (tertiary/aromatic N) is 2. The van der Waals surface area contributed by atoms with Crippen LogP contribution in [-0.4, -0.2) is 36.7 Å². The number of piperidine rings is 1. The highest BCUT2D eigenvalue weighted by Gasteiger charge is 2.23. The topological polar surface area (TPSA) is 32.7 Å². The fourth-order valence-electron chi connectivity index (χ4n) is 2.57. The Hall–Kier alpha value is -1.55. The number of rotatable bonds is 4. The van der Waals surface area contributed by atoms with E-state index in [2.05, 4.69) is 9.89 Å². The summed E-state index contributed by atoms with van der Waals surface area (Å²) >= 11 is 0. The summed E-state index contributed by atoms with van der Waals surface area (Å²) in [6.45, 7) is 4.62. The van der Waals surface area contributed by atoms with Crippen molar-refractivity contribution in [2.75, 3.05) is 19.6 Å². The molecule has 4 heteroatoms. The van der Waals surface area contributed by atoms with Gasteiger partial charge in [-0.25, -0.2) is 9.38 Å². The van der Waals surface area contributed by atoms with Gasteiger partial charge in [-0.3, -0.25) is 4.79 Å². The zero-order chi connectivity index (χ0) is 14.4. The van der Waals surface area contributed by atoms with Crippen LogP contribution >= 0.6 is 0 Å². The number of likely N-dealkylation sites (tertiary alicyclic amines) is 1. The molecule has 1 amide bonds. The average Bonchev–Trinajstić information content (AvgIpc) is 2.47. The highest BCUT2D eigenvalue weighted by molar-refractivity contribution is 5.86. The SMILES string of the molecule is CC=NC(=O)C1CCN(CCc2ccc(F)cc2)CC1. The largest absolute Gasteiger partial charge is 0.303 e. The first kappa shape index (κ1) is 14.9. The van der Waals surface area contributed by atoms with Crippen molar-refractivity contribution in [2.24, 2.45) is 10.9 Å². The summed E-state index contributed by atoms with van der Waals surface area (Å²) in [5, 5.41) is 0. The monoisotopic (exact) mass is 276 g/mol. The normalized spacial score (nSPS) is 17.7. The molecule has 3 nitrogen and oxygen atoms in total. The van der Waals surface area contributed by atoms with Gasteiger partial charge < -0.3 is 4.90 Å². The second kappa shape index (κ2) is 7.29. The molecule has 1 aromatic rings. The molecule has 0 aromatic heterocycles. The van der Waals surface area contributed by atoms with Crippen LogP contribution in [-0.2, 0) is 11.2 Å². The van der Waals surface area contributed by atoms with Crippen LogP contribution in [0.3, 0.4) is 0 Å². The van der Waals surface area contributed by atoms with E-state index in [-0.39, 0.29) is 17.6 Å². The Labute approximate surface area is 119 Å². The first-order valence-electron chi connectivity index (χ1n) is 7.18.